The molecule has 1 aromatic carbocycles. The number of benzene rings is 1. The number of ether oxygens (including phenoxy) is 1. The van der Waals surface area contributed by atoms with Crippen LogP contribution in [-0.2, 0) is 6.54 Å². The Kier molecular flexibility index (Phi) is 5.17. The smallest absolute Gasteiger partial charge is 0.270 e. The van der Waals surface area contributed by atoms with Crippen LogP contribution < -0.4 is 10.1 Å². The third-order valence-corrected chi connectivity index (χ3v) is 3.32. The van der Waals surface area contributed by atoms with Crippen molar-refractivity contribution in [3.63, 3.8) is 0 Å². The molecule has 1 N–H and O–H groups in total. The van der Waals surface area contributed by atoms with Crippen LogP contribution in [0.3, 0.4) is 0 Å². The Balaban J connectivity index is 2.07. The molecule has 1 amide bonds. The van der Waals surface area contributed by atoms with Gasteiger partial charge in [0.25, 0.3) is 5.91 Å². The first-order valence-corrected chi connectivity index (χ1v) is 7.10. The van der Waals surface area contributed by atoms with Gasteiger partial charge in [0.05, 0.1) is 11.6 Å². The summed E-state index contributed by atoms with van der Waals surface area (Å²) < 4.78 is 5.44. The van der Waals surface area contributed by atoms with Gasteiger partial charge in [-0.15, -0.1) is 0 Å². The number of nitrogens with zero attached hydrogens (tertiary/aromatic N) is 1. The average molecular weight is 305 g/mol. The molecule has 0 saturated carbocycles. The number of amides is 1. The normalized spacial score (nSPS) is 10.2. The van der Waals surface area contributed by atoms with Gasteiger partial charge in [-0.1, -0.05) is 17.7 Å². The van der Waals surface area contributed by atoms with E-state index >= 15 is 0 Å². The summed E-state index contributed by atoms with van der Waals surface area (Å²) in [7, 11) is 0. The molecule has 0 bridgehead atoms. The van der Waals surface area contributed by atoms with Crippen LogP contribution in [0.5, 0.6) is 5.75 Å². The van der Waals surface area contributed by atoms with Crippen LogP contribution in [0.2, 0.25) is 5.02 Å². The number of hydrogen-bond acceptors (Lipinski definition) is 3. The fourth-order valence-electron chi connectivity index (χ4n) is 1.92. The second kappa shape index (κ2) is 7.09. The largest absolute Gasteiger partial charge is 0.492 e. The summed E-state index contributed by atoms with van der Waals surface area (Å²) in [6.45, 7) is 4.83. The Morgan fingerprint density at radius 2 is 2.19 bits per heavy atom. The van der Waals surface area contributed by atoms with Crippen molar-refractivity contribution in [2.24, 2.45) is 0 Å². The summed E-state index contributed by atoms with van der Waals surface area (Å²) in [6.07, 6.45) is 1.59. The molecule has 0 saturated heterocycles. The second-order valence-corrected chi connectivity index (χ2v) is 4.95. The zero-order valence-corrected chi connectivity index (χ0v) is 12.8. The number of halogens is 1. The standard InChI is InChI=1S/C16H17ClN2O2/c1-3-21-15-8-11(2)12(9-13(15)17)10-19-16(20)14-6-4-5-7-18-14/h4-9H,3,10H2,1-2H3,(H,19,20). The lowest BCUT2D eigenvalue weighted by Gasteiger charge is -2.12. The fraction of sp³-hybridized carbons (Fsp3) is 0.250. The summed E-state index contributed by atoms with van der Waals surface area (Å²) >= 11 is 6.16. The van der Waals surface area contributed by atoms with Gasteiger partial charge in [0.2, 0.25) is 0 Å². The van der Waals surface area contributed by atoms with E-state index in [1.54, 1.807) is 24.4 Å². The Morgan fingerprint density at radius 3 is 2.86 bits per heavy atom. The van der Waals surface area contributed by atoms with Crippen molar-refractivity contribution >= 4 is 17.5 Å². The van der Waals surface area contributed by atoms with Gasteiger partial charge in [-0.25, -0.2) is 0 Å². The summed E-state index contributed by atoms with van der Waals surface area (Å²) in [5.41, 5.74) is 2.36. The zero-order chi connectivity index (χ0) is 15.2. The second-order valence-electron chi connectivity index (χ2n) is 4.54. The van der Waals surface area contributed by atoms with Crippen LogP contribution in [0.25, 0.3) is 0 Å². The fourth-order valence-corrected chi connectivity index (χ4v) is 2.16. The quantitative estimate of drug-likeness (QED) is 0.921. The van der Waals surface area contributed by atoms with Gasteiger partial charge in [0.1, 0.15) is 11.4 Å². The van der Waals surface area contributed by atoms with Gasteiger partial charge in [-0.2, -0.15) is 0 Å². The maximum absolute atomic E-state index is 12.0. The van der Waals surface area contributed by atoms with Crippen molar-refractivity contribution in [3.8, 4) is 5.75 Å². The molecule has 0 radical (unpaired) electrons. The SMILES string of the molecule is CCOc1cc(C)c(CNC(=O)c2ccccn2)cc1Cl. The Morgan fingerprint density at radius 1 is 1.38 bits per heavy atom. The number of rotatable bonds is 5. The molecule has 0 fully saturated rings. The highest BCUT2D eigenvalue weighted by Gasteiger charge is 2.10. The third kappa shape index (κ3) is 3.95. The van der Waals surface area contributed by atoms with Crippen molar-refractivity contribution in [3.05, 3.63) is 58.4 Å². The molecule has 4 nitrogen and oxygen atoms in total. The lowest BCUT2D eigenvalue weighted by atomic mass is 10.1. The molecule has 0 aliphatic rings. The van der Waals surface area contributed by atoms with Gasteiger partial charge >= 0.3 is 0 Å². The van der Waals surface area contributed by atoms with Crippen LogP contribution in [0, 0.1) is 6.92 Å². The van der Waals surface area contributed by atoms with Gasteiger partial charge in [-0.05, 0) is 49.2 Å². The minimum atomic E-state index is -0.208. The number of carbonyl (C=O) groups is 1. The van der Waals surface area contributed by atoms with Crippen molar-refractivity contribution in [2.75, 3.05) is 6.61 Å². The Bertz CT molecular complexity index is 630. The maximum Gasteiger partial charge on any atom is 0.270 e. The summed E-state index contributed by atoms with van der Waals surface area (Å²) in [5, 5.41) is 3.38. The minimum Gasteiger partial charge on any atom is -0.492 e. The van der Waals surface area contributed by atoms with Crippen LogP contribution in [0.4, 0.5) is 0 Å². The highest BCUT2D eigenvalue weighted by atomic mass is 35.5. The molecular weight excluding hydrogens is 288 g/mol. The molecule has 21 heavy (non-hydrogen) atoms. The van der Waals surface area contributed by atoms with Gasteiger partial charge in [0.15, 0.2) is 0 Å². The van der Waals surface area contributed by atoms with E-state index in [0.29, 0.717) is 29.6 Å². The molecule has 2 aromatic rings. The van der Waals surface area contributed by atoms with Crippen LogP contribution in [-0.4, -0.2) is 17.5 Å². The number of carbonyl (C=O) groups excluding carboxylic acids is 1. The summed E-state index contributed by atoms with van der Waals surface area (Å²) in [4.78, 5) is 16.0. The number of pyridine rings is 1. The number of hydrogen-bond donors (Lipinski definition) is 1. The van der Waals surface area contributed by atoms with Gasteiger partial charge in [0, 0.05) is 12.7 Å². The van der Waals surface area contributed by atoms with E-state index in [0.717, 1.165) is 11.1 Å². The van der Waals surface area contributed by atoms with E-state index in [1.165, 1.54) is 0 Å². The lowest BCUT2D eigenvalue weighted by molar-refractivity contribution is 0.0946. The van der Waals surface area contributed by atoms with E-state index in [-0.39, 0.29) is 5.91 Å². The molecule has 0 unspecified atom stereocenters. The van der Waals surface area contributed by atoms with Crippen LogP contribution in [0.1, 0.15) is 28.5 Å². The van der Waals surface area contributed by atoms with E-state index in [1.807, 2.05) is 26.0 Å². The first-order valence-electron chi connectivity index (χ1n) is 6.73. The van der Waals surface area contributed by atoms with E-state index in [4.69, 9.17) is 16.3 Å². The van der Waals surface area contributed by atoms with Crippen molar-refractivity contribution in [2.45, 2.75) is 20.4 Å². The highest BCUT2D eigenvalue weighted by molar-refractivity contribution is 6.32. The predicted octanol–water partition coefficient (Wildman–Crippen LogP) is 3.37. The van der Waals surface area contributed by atoms with E-state index < -0.39 is 0 Å². The molecule has 1 heterocycles. The molecule has 0 spiro atoms. The topological polar surface area (TPSA) is 51.2 Å². The number of aromatic nitrogens is 1. The van der Waals surface area contributed by atoms with Gasteiger partial charge in [-0.3, -0.25) is 9.78 Å². The minimum absolute atomic E-state index is 0.208. The molecule has 0 aliphatic heterocycles. The first kappa shape index (κ1) is 15.3. The summed E-state index contributed by atoms with van der Waals surface area (Å²) in [6, 6.07) is 8.93. The first-order chi connectivity index (χ1) is 10.1. The number of nitrogens with one attached hydrogen (secondary N) is 1. The average Bonchev–Trinajstić information content (AvgIpc) is 2.50. The molecular formula is C16H17ClN2O2. The third-order valence-electron chi connectivity index (χ3n) is 3.03. The molecule has 110 valence electrons. The molecule has 0 atom stereocenters. The van der Waals surface area contributed by atoms with Crippen molar-refractivity contribution in [1.29, 1.82) is 0 Å². The zero-order valence-electron chi connectivity index (χ0n) is 12.0. The van der Waals surface area contributed by atoms with Crippen LogP contribution >= 0.6 is 11.6 Å². The molecule has 1 aromatic heterocycles. The maximum atomic E-state index is 12.0. The Labute approximate surface area is 129 Å². The molecule has 0 aliphatic carbocycles. The Hall–Kier alpha value is -2.07. The van der Waals surface area contributed by atoms with E-state index in [9.17, 15) is 4.79 Å². The van der Waals surface area contributed by atoms with Crippen molar-refractivity contribution in [1.82, 2.24) is 10.3 Å². The van der Waals surface area contributed by atoms with E-state index in [2.05, 4.69) is 10.3 Å². The van der Waals surface area contributed by atoms with Gasteiger partial charge < -0.3 is 10.1 Å². The highest BCUT2D eigenvalue weighted by Crippen LogP contribution is 2.28. The lowest BCUT2D eigenvalue weighted by Crippen LogP contribution is -2.24. The summed E-state index contributed by atoms with van der Waals surface area (Å²) in [5.74, 6) is 0.455. The predicted molar refractivity (Wildman–Crippen MR) is 82.8 cm³/mol. The molecule has 2 rings (SSSR count). The monoisotopic (exact) mass is 304 g/mol. The van der Waals surface area contributed by atoms with Crippen molar-refractivity contribution < 1.29 is 9.53 Å². The van der Waals surface area contributed by atoms with Crippen LogP contribution in [0.15, 0.2) is 36.5 Å². The number of aryl methyl sites for hydroxylation is 1. The molecule has 5 heteroatoms.